The number of benzene rings is 3. The Morgan fingerprint density at radius 3 is 2.34 bits per heavy atom. The summed E-state index contributed by atoms with van der Waals surface area (Å²) < 4.78 is 4.99. The van der Waals surface area contributed by atoms with Crippen molar-refractivity contribution in [2.24, 2.45) is 5.16 Å². The minimum absolute atomic E-state index is 0.176. The van der Waals surface area contributed by atoms with Gasteiger partial charge in [0.2, 0.25) is 5.60 Å². The Balaban J connectivity index is 1.45. The fraction of sp³-hybridized carbons (Fsp3) is 0.192. The van der Waals surface area contributed by atoms with Crippen molar-refractivity contribution in [2.75, 3.05) is 13.7 Å². The second kappa shape index (κ2) is 9.47. The highest BCUT2D eigenvalue weighted by Gasteiger charge is 2.47. The first-order valence-corrected chi connectivity index (χ1v) is 10.4. The van der Waals surface area contributed by atoms with E-state index in [0.29, 0.717) is 17.7 Å². The van der Waals surface area contributed by atoms with E-state index in [1.54, 1.807) is 6.07 Å². The molecule has 6 nitrogen and oxygen atoms in total. The lowest BCUT2D eigenvalue weighted by Gasteiger charge is -2.23. The zero-order chi connectivity index (χ0) is 22.4. The van der Waals surface area contributed by atoms with Crippen LogP contribution in [0, 0.1) is 0 Å². The van der Waals surface area contributed by atoms with Crippen molar-refractivity contribution in [1.29, 1.82) is 0 Å². The van der Waals surface area contributed by atoms with Crippen molar-refractivity contribution >= 4 is 17.6 Å². The third-order valence-electron chi connectivity index (χ3n) is 5.44. The molecule has 0 radical (unpaired) electrons. The van der Waals surface area contributed by atoms with Crippen LogP contribution >= 0.6 is 0 Å². The number of carbonyl (C=O) groups excluding carboxylic acids is 2. The van der Waals surface area contributed by atoms with Crippen LogP contribution in [0.5, 0.6) is 0 Å². The molecule has 0 aliphatic carbocycles. The van der Waals surface area contributed by atoms with E-state index in [1.807, 2.05) is 78.9 Å². The molecule has 0 fully saturated rings. The zero-order valence-corrected chi connectivity index (χ0v) is 17.8. The smallest absolute Gasteiger partial charge is 0.353 e. The van der Waals surface area contributed by atoms with E-state index in [4.69, 9.17) is 9.57 Å². The van der Waals surface area contributed by atoms with E-state index in [0.717, 1.165) is 16.7 Å². The number of carbonyl (C=O) groups is 2. The quantitative estimate of drug-likeness (QED) is 0.577. The Morgan fingerprint density at radius 2 is 1.62 bits per heavy atom. The zero-order valence-electron chi connectivity index (χ0n) is 17.8. The fourth-order valence-electron chi connectivity index (χ4n) is 3.86. The maximum Gasteiger partial charge on any atom is 0.353 e. The predicted molar refractivity (Wildman–Crippen MR) is 122 cm³/mol. The molecule has 1 atom stereocenters. The maximum atomic E-state index is 12.9. The number of hydrogen-bond donors (Lipinski definition) is 1. The molecule has 162 valence electrons. The average Bonchev–Trinajstić information content (AvgIpc) is 3.27. The van der Waals surface area contributed by atoms with Gasteiger partial charge in [0.25, 0.3) is 5.91 Å². The predicted octanol–water partition coefficient (Wildman–Crippen LogP) is 4.01. The normalized spacial score (nSPS) is 17.2. The number of esters is 1. The second-order valence-electron chi connectivity index (χ2n) is 7.67. The van der Waals surface area contributed by atoms with Crippen molar-refractivity contribution in [3.63, 3.8) is 0 Å². The van der Waals surface area contributed by atoms with Crippen molar-refractivity contribution in [3.05, 3.63) is 96.1 Å². The van der Waals surface area contributed by atoms with E-state index in [9.17, 15) is 9.59 Å². The van der Waals surface area contributed by atoms with Crippen LogP contribution in [-0.2, 0) is 20.8 Å². The molecule has 1 amide bonds. The van der Waals surface area contributed by atoms with Gasteiger partial charge in [0, 0.05) is 18.4 Å². The Labute approximate surface area is 186 Å². The van der Waals surface area contributed by atoms with E-state index >= 15 is 0 Å². The van der Waals surface area contributed by atoms with Gasteiger partial charge in [0.1, 0.15) is 0 Å². The monoisotopic (exact) mass is 428 g/mol. The summed E-state index contributed by atoms with van der Waals surface area (Å²) in [6.45, 7) is 0.176. The molecule has 1 aliphatic heterocycles. The maximum absolute atomic E-state index is 12.9. The van der Waals surface area contributed by atoms with Crippen LogP contribution in [0.2, 0.25) is 0 Å². The van der Waals surface area contributed by atoms with Crippen molar-refractivity contribution in [3.8, 4) is 11.1 Å². The molecule has 4 rings (SSSR count). The van der Waals surface area contributed by atoms with Crippen LogP contribution in [0.15, 0.2) is 90.1 Å². The molecule has 0 bridgehead atoms. The van der Waals surface area contributed by atoms with E-state index in [1.165, 1.54) is 7.11 Å². The molecular formula is C26H24N2O4. The molecule has 1 aliphatic rings. The first kappa shape index (κ1) is 21.3. The van der Waals surface area contributed by atoms with Gasteiger partial charge in [-0.25, -0.2) is 4.79 Å². The lowest BCUT2D eigenvalue weighted by Crippen LogP contribution is -2.43. The summed E-state index contributed by atoms with van der Waals surface area (Å²) in [6, 6.07) is 26.8. The molecule has 3 aromatic rings. The van der Waals surface area contributed by atoms with Gasteiger partial charge >= 0.3 is 5.97 Å². The Hall–Kier alpha value is -3.93. The van der Waals surface area contributed by atoms with Gasteiger partial charge in [-0.15, -0.1) is 0 Å². The number of oxime groups is 1. The number of hydrogen-bond acceptors (Lipinski definition) is 5. The van der Waals surface area contributed by atoms with E-state index in [-0.39, 0.29) is 18.9 Å². The number of ether oxygens (including phenoxy) is 1. The van der Waals surface area contributed by atoms with Crippen LogP contribution in [0.25, 0.3) is 11.1 Å². The fourth-order valence-corrected chi connectivity index (χ4v) is 3.86. The summed E-state index contributed by atoms with van der Waals surface area (Å²) in [5.41, 5.74) is 2.68. The van der Waals surface area contributed by atoms with Crippen molar-refractivity contribution in [1.82, 2.24) is 5.32 Å². The summed E-state index contributed by atoms with van der Waals surface area (Å²) in [6.07, 6.45) is 0.577. The summed E-state index contributed by atoms with van der Waals surface area (Å²) in [5, 5.41) is 7.01. The molecule has 6 heteroatoms. The van der Waals surface area contributed by atoms with Crippen molar-refractivity contribution < 1.29 is 19.2 Å². The largest absolute Gasteiger partial charge is 0.466 e. The second-order valence-corrected chi connectivity index (χ2v) is 7.67. The van der Waals surface area contributed by atoms with Crippen molar-refractivity contribution in [2.45, 2.75) is 18.4 Å². The van der Waals surface area contributed by atoms with Crippen LogP contribution in [0.3, 0.4) is 0 Å². The molecule has 3 aromatic carbocycles. The topological polar surface area (TPSA) is 77.0 Å². The first-order valence-electron chi connectivity index (χ1n) is 10.4. The molecule has 1 N–H and O–H groups in total. The lowest BCUT2D eigenvalue weighted by atomic mass is 9.89. The highest BCUT2D eigenvalue weighted by molar-refractivity contribution is 6.03. The van der Waals surface area contributed by atoms with Gasteiger partial charge in [0.05, 0.1) is 19.4 Å². The van der Waals surface area contributed by atoms with Gasteiger partial charge in [-0.05, 0) is 22.8 Å². The molecule has 0 spiro atoms. The first-order chi connectivity index (χ1) is 15.6. The summed E-state index contributed by atoms with van der Waals surface area (Å²) >= 11 is 0. The van der Waals surface area contributed by atoms with Crippen LogP contribution in [0.1, 0.15) is 22.3 Å². The highest BCUT2D eigenvalue weighted by atomic mass is 16.7. The van der Waals surface area contributed by atoms with Gasteiger partial charge in [-0.3, -0.25) is 4.79 Å². The van der Waals surface area contributed by atoms with E-state index < -0.39 is 11.6 Å². The number of nitrogens with one attached hydrogen (secondary N) is 1. The third kappa shape index (κ3) is 4.54. The lowest BCUT2D eigenvalue weighted by molar-refractivity contribution is -0.166. The van der Waals surface area contributed by atoms with Crippen LogP contribution in [-0.4, -0.2) is 36.8 Å². The molecular weight excluding hydrogens is 404 g/mol. The molecule has 0 aromatic heterocycles. The standard InChI is InChI=1S/C26H24N2O4/c1-31-25(30)26(16-19-10-4-2-5-11-19)17-21(28-32-26)18-27-24(29)23-15-9-8-14-22(23)20-12-6-3-7-13-20/h2-15H,16-18H2,1H3,(H,27,29). The van der Waals surface area contributed by atoms with E-state index in [2.05, 4.69) is 10.5 Å². The summed E-state index contributed by atoms with van der Waals surface area (Å²) in [5.74, 6) is -0.702. The molecule has 32 heavy (non-hydrogen) atoms. The minimum Gasteiger partial charge on any atom is -0.466 e. The van der Waals surface area contributed by atoms with Gasteiger partial charge in [0.15, 0.2) is 0 Å². The SMILES string of the molecule is COC(=O)C1(Cc2ccccc2)CC(CNC(=O)c2ccccc2-c2ccccc2)=NO1. The summed E-state index contributed by atoms with van der Waals surface area (Å²) in [7, 11) is 1.33. The molecule has 1 unspecified atom stereocenters. The van der Waals surface area contributed by atoms with Gasteiger partial charge < -0.3 is 14.9 Å². The van der Waals surface area contributed by atoms with Gasteiger partial charge in [-0.1, -0.05) is 84.0 Å². The highest BCUT2D eigenvalue weighted by Crippen LogP contribution is 2.30. The third-order valence-corrected chi connectivity index (χ3v) is 5.44. The average molecular weight is 428 g/mol. The number of rotatable bonds is 7. The van der Waals surface area contributed by atoms with Gasteiger partial charge in [-0.2, -0.15) is 0 Å². The van der Waals surface area contributed by atoms with Crippen LogP contribution < -0.4 is 5.32 Å². The minimum atomic E-state index is -1.22. The number of amides is 1. The molecule has 0 saturated carbocycles. The summed E-state index contributed by atoms with van der Waals surface area (Å²) in [4.78, 5) is 31.1. The number of methoxy groups -OCH3 is 1. The molecule has 1 heterocycles. The Kier molecular flexibility index (Phi) is 6.31. The van der Waals surface area contributed by atoms with Crippen LogP contribution in [0.4, 0.5) is 0 Å². The Bertz CT molecular complexity index is 1130. The number of nitrogens with zero attached hydrogens (tertiary/aromatic N) is 1. The Morgan fingerprint density at radius 1 is 0.969 bits per heavy atom. The molecule has 0 saturated heterocycles.